The summed E-state index contributed by atoms with van der Waals surface area (Å²) in [6.45, 7) is 6.27. The normalized spacial score (nSPS) is 15.4. The van der Waals surface area contributed by atoms with Crippen molar-refractivity contribution in [2.75, 3.05) is 30.7 Å². The summed E-state index contributed by atoms with van der Waals surface area (Å²) < 4.78 is 0. The Morgan fingerprint density at radius 3 is 3.06 bits per heavy atom. The van der Waals surface area contributed by atoms with Gasteiger partial charge in [0.2, 0.25) is 0 Å². The van der Waals surface area contributed by atoms with E-state index in [2.05, 4.69) is 23.3 Å². The van der Waals surface area contributed by atoms with Gasteiger partial charge in [0.25, 0.3) is 5.91 Å². The van der Waals surface area contributed by atoms with Crippen LogP contribution in [0.5, 0.6) is 0 Å². The van der Waals surface area contributed by atoms with Crippen LogP contribution in [-0.2, 0) is 0 Å². The summed E-state index contributed by atoms with van der Waals surface area (Å²) in [5, 5.41) is 3.79. The summed E-state index contributed by atoms with van der Waals surface area (Å²) in [5.74, 6) is 0.310. The van der Waals surface area contributed by atoms with Crippen molar-refractivity contribution in [2.24, 2.45) is 0 Å². The van der Waals surface area contributed by atoms with Crippen molar-refractivity contribution in [3.8, 4) is 0 Å². The smallest absolute Gasteiger partial charge is 0.268 e. The Morgan fingerprint density at radius 2 is 2.44 bits per heavy atom. The number of amides is 1. The number of nitrogens with two attached hydrogens (primary N) is 1. The topological polar surface area (TPSA) is 71.2 Å². The zero-order valence-electron chi connectivity index (χ0n) is 10.7. The molecular formula is C12H18N4OS. The highest BCUT2D eigenvalue weighted by Gasteiger charge is 2.22. The average Bonchev–Trinajstić information content (AvgIpc) is 2.71. The van der Waals surface area contributed by atoms with Crippen molar-refractivity contribution in [1.29, 1.82) is 0 Å². The van der Waals surface area contributed by atoms with Gasteiger partial charge in [-0.3, -0.25) is 4.79 Å². The fraction of sp³-hybridized carbons (Fsp3) is 0.500. The van der Waals surface area contributed by atoms with Crippen LogP contribution in [0.4, 0.5) is 10.9 Å². The SMILES string of the molecule is CCNc1nc(N)c(C(=O)N2CC=C(C)CC2)s1. The molecule has 0 radical (unpaired) electrons. The van der Waals surface area contributed by atoms with Gasteiger partial charge in [0.05, 0.1) is 0 Å². The molecule has 0 unspecified atom stereocenters. The number of rotatable bonds is 3. The van der Waals surface area contributed by atoms with Crippen LogP contribution in [0.15, 0.2) is 11.6 Å². The molecular weight excluding hydrogens is 248 g/mol. The number of nitrogen functional groups attached to an aromatic ring is 1. The monoisotopic (exact) mass is 266 g/mol. The Hall–Kier alpha value is -1.56. The minimum atomic E-state index is -0.0158. The number of carbonyl (C=O) groups is 1. The molecule has 0 atom stereocenters. The van der Waals surface area contributed by atoms with E-state index in [4.69, 9.17) is 5.73 Å². The predicted octanol–water partition coefficient (Wildman–Crippen LogP) is 1.95. The van der Waals surface area contributed by atoms with E-state index in [0.29, 0.717) is 22.4 Å². The van der Waals surface area contributed by atoms with Gasteiger partial charge in [0, 0.05) is 19.6 Å². The minimum Gasteiger partial charge on any atom is -0.382 e. The number of hydrogen-bond acceptors (Lipinski definition) is 5. The van der Waals surface area contributed by atoms with E-state index in [0.717, 1.165) is 19.5 Å². The zero-order chi connectivity index (χ0) is 13.1. The van der Waals surface area contributed by atoms with Crippen LogP contribution in [-0.4, -0.2) is 35.4 Å². The lowest BCUT2D eigenvalue weighted by molar-refractivity contribution is 0.0774. The first-order valence-electron chi connectivity index (χ1n) is 6.07. The Kier molecular flexibility index (Phi) is 3.86. The van der Waals surface area contributed by atoms with Crippen molar-refractivity contribution < 1.29 is 4.79 Å². The Bertz CT molecular complexity index is 480. The maximum atomic E-state index is 12.3. The van der Waals surface area contributed by atoms with Gasteiger partial charge in [0.15, 0.2) is 5.13 Å². The van der Waals surface area contributed by atoms with E-state index in [1.54, 1.807) is 0 Å². The molecule has 0 bridgehead atoms. The molecule has 1 aromatic heterocycles. The summed E-state index contributed by atoms with van der Waals surface area (Å²) in [7, 11) is 0. The summed E-state index contributed by atoms with van der Waals surface area (Å²) in [5.41, 5.74) is 7.14. The molecule has 0 saturated heterocycles. The molecule has 98 valence electrons. The molecule has 18 heavy (non-hydrogen) atoms. The molecule has 2 heterocycles. The lowest BCUT2D eigenvalue weighted by Crippen LogP contribution is -2.34. The Balaban J connectivity index is 2.13. The first kappa shape index (κ1) is 12.9. The van der Waals surface area contributed by atoms with Crippen LogP contribution in [0.1, 0.15) is 29.9 Å². The molecule has 1 aromatic rings. The van der Waals surface area contributed by atoms with Gasteiger partial charge in [-0.05, 0) is 20.3 Å². The summed E-state index contributed by atoms with van der Waals surface area (Å²) in [4.78, 5) is 18.8. The van der Waals surface area contributed by atoms with Crippen LogP contribution in [0, 0.1) is 0 Å². The molecule has 1 aliphatic heterocycles. The number of nitrogens with one attached hydrogen (secondary N) is 1. The molecule has 1 amide bonds. The summed E-state index contributed by atoms with van der Waals surface area (Å²) >= 11 is 1.33. The molecule has 1 aliphatic rings. The second-order valence-electron chi connectivity index (χ2n) is 4.32. The van der Waals surface area contributed by atoms with E-state index in [1.807, 2.05) is 11.8 Å². The maximum Gasteiger partial charge on any atom is 0.268 e. The molecule has 2 rings (SSSR count). The van der Waals surface area contributed by atoms with E-state index >= 15 is 0 Å². The van der Waals surface area contributed by atoms with Gasteiger partial charge >= 0.3 is 0 Å². The third-order valence-corrected chi connectivity index (χ3v) is 3.92. The van der Waals surface area contributed by atoms with Crippen molar-refractivity contribution in [3.63, 3.8) is 0 Å². The highest BCUT2D eigenvalue weighted by atomic mass is 32.1. The van der Waals surface area contributed by atoms with Crippen molar-refractivity contribution in [3.05, 3.63) is 16.5 Å². The molecule has 0 aromatic carbocycles. The molecule has 3 N–H and O–H groups in total. The van der Waals surface area contributed by atoms with Crippen LogP contribution in [0.3, 0.4) is 0 Å². The van der Waals surface area contributed by atoms with E-state index in [9.17, 15) is 4.79 Å². The minimum absolute atomic E-state index is 0.0158. The lowest BCUT2D eigenvalue weighted by Gasteiger charge is -2.24. The highest BCUT2D eigenvalue weighted by Crippen LogP contribution is 2.27. The van der Waals surface area contributed by atoms with Crippen molar-refractivity contribution >= 4 is 28.2 Å². The van der Waals surface area contributed by atoms with Crippen molar-refractivity contribution in [2.45, 2.75) is 20.3 Å². The van der Waals surface area contributed by atoms with Gasteiger partial charge in [-0.15, -0.1) is 0 Å². The number of carbonyl (C=O) groups excluding carboxylic acids is 1. The molecule has 0 saturated carbocycles. The van der Waals surface area contributed by atoms with Crippen LogP contribution >= 0.6 is 11.3 Å². The largest absolute Gasteiger partial charge is 0.382 e. The Labute approximate surface area is 111 Å². The second-order valence-corrected chi connectivity index (χ2v) is 5.31. The third kappa shape index (κ3) is 2.64. The fourth-order valence-corrected chi connectivity index (χ4v) is 2.73. The third-order valence-electron chi connectivity index (χ3n) is 2.90. The molecule has 0 aliphatic carbocycles. The number of nitrogens with zero attached hydrogens (tertiary/aromatic N) is 2. The number of hydrogen-bond donors (Lipinski definition) is 2. The van der Waals surface area contributed by atoms with Crippen LogP contribution < -0.4 is 11.1 Å². The number of anilines is 2. The predicted molar refractivity (Wildman–Crippen MR) is 75.0 cm³/mol. The molecule has 6 heteroatoms. The quantitative estimate of drug-likeness (QED) is 0.820. The zero-order valence-corrected chi connectivity index (χ0v) is 11.5. The Morgan fingerprint density at radius 1 is 1.67 bits per heavy atom. The number of thiazole rings is 1. The van der Waals surface area contributed by atoms with E-state index in [-0.39, 0.29) is 5.91 Å². The second kappa shape index (κ2) is 5.39. The van der Waals surface area contributed by atoms with Gasteiger partial charge < -0.3 is 16.0 Å². The average molecular weight is 266 g/mol. The van der Waals surface area contributed by atoms with E-state index in [1.165, 1.54) is 16.9 Å². The van der Waals surface area contributed by atoms with Gasteiger partial charge in [-0.1, -0.05) is 23.0 Å². The van der Waals surface area contributed by atoms with E-state index < -0.39 is 0 Å². The standard InChI is InChI=1S/C12H18N4OS/c1-3-14-12-15-10(13)9(18-12)11(17)16-6-4-8(2)5-7-16/h4H,3,5-7,13H2,1-2H3,(H,14,15). The van der Waals surface area contributed by atoms with Gasteiger partial charge in [0.1, 0.15) is 10.7 Å². The lowest BCUT2D eigenvalue weighted by atomic mass is 10.1. The molecule has 0 spiro atoms. The summed E-state index contributed by atoms with van der Waals surface area (Å²) in [6, 6.07) is 0. The van der Waals surface area contributed by atoms with Crippen LogP contribution in [0.25, 0.3) is 0 Å². The van der Waals surface area contributed by atoms with Gasteiger partial charge in [-0.2, -0.15) is 0 Å². The highest BCUT2D eigenvalue weighted by molar-refractivity contribution is 7.18. The number of aromatic nitrogens is 1. The van der Waals surface area contributed by atoms with Crippen molar-refractivity contribution in [1.82, 2.24) is 9.88 Å². The van der Waals surface area contributed by atoms with Crippen LogP contribution in [0.2, 0.25) is 0 Å². The molecule has 5 nitrogen and oxygen atoms in total. The molecule has 0 fully saturated rings. The summed E-state index contributed by atoms with van der Waals surface area (Å²) in [6.07, 6.45) is 3.02. The van der Waals surface area contributed by atoms with Gasteiger partial charge in [-0.25, -0.2) is 4.98 Å². The maximum absolute atomic E-state index is 12.3. The first-order valence-corrected chi connectivity index (χ1v) is 6.88. The fourth-order valence-electron chi connectivity index (χ4n) is 1.81. The first-order chi connectivity index (χ1) is 8.61.